The van der Waals surface area contributed by atoms with Gasteiger partial charge in [-0.3, -0.25) is 4.90 Å². The fraction of sp³-hybridized carbons (Fsp3) is 0.472. The van der Waals surface area contributed by atoms with Crippen LogP contribution in [0.2, 0.25) is 0 Å². The smallest absolute Gasteiger partial charge is 0.414 e. The summed E-state index contributed by atoms with van der Waals surface area (Å²) in [5.74, 6) is 0.282. The van der Waals surface area contributed by atoms with Crippen LogP contribution in [0.3, 0.4) is 0 Å². The SMILES string of the molecule is CCCCOc1nc2c(c(OCCCC)c1C(=O)OCc1ccccc1)OCCc1cc3c(cc1-2)CCN3C(=O)OC(C)(C)C. The number of carbonyl (C=O) groups excluding carboxylic acids is 2. The van der Waals surface area contributed by atoms with Gasteiger partial charge in [0.05, 0.1) is 25.5 Å². The first-order chi connectivity index (χ1) is 21.7. The van der Waals surface area contributed by atoms with Gasteiger partial charge in [0.1, 0.15) is 17.9 Å². The number of pyridine rings is 1. The van der Waals surface area contributed by atoms with Crippen LogP contribution in [0, 0.1) is 0 Å². The molecule has 0 spiro atoms. The zero-order chi connectivity index (χ0) is 32.0. The number of ether oxygens (including phenoxy) is 5. The van der Waals surface area contributed by atoms with Gasteiger partial charge in [0.15, 0.2) is 17.1 Å². The summed E-state index contributed by atoms with van der Waals surface area (Å²) in [6.45, 7) is 11.5. The van der Waals surface area contributed by atoms with E-state index in [2.05, 4.69) is 19.9 Å². The van der Waals surface area contributed by atoms with Gasteiger partial charge in [0.25, 0.3) is 0 Å². The summed E-state index contributed by atoms with van der Waals surface area (Å²) in [6, 6.07) is 13.7. The van der Waals surface area contributed by atoms with E-state index < -0.39 is 11.6 Å². The van der Waals surface area contributed by atoms with Crippen molar-refractivity contribution in [3.05, 3.63) is 64.7 Å². The summed E-state index contributed by atoms with van der Waals surface area (Å²) in [6.07, 6.45) is 4.34. The Balaban J connectivity index is 1.59. The highest BCUT2D eigenvalue weighted by atomic mass is 16.6. The monoisotopic (exact) mass is 616 g/mol. The largest absolute Gasteiger partial charge is 0.489 e. The Morgan fingerprint density at radius 2 is 1.69 bits per heavy atom. The maximum atomic E-state index is 13.8. The Labute approximate surface area is 265 Å². The average Bonchev–Trinajstić information content (AvgIpc) is 3.34. The maximum Gasteiger partial charge on any atom is 0.414 e. The first kappa shape index (κ1) is 32.1. The topological polar surface area (TPSA) is 96.4 Å². The Morgan fingerprint density at radius 1 is 0.956 bits per heavy atom. The molecule has 2 aliphatic heterocycles. The van der Waals surface area contributed by atoms with Crippen molar-refractivity contribution in [2.75, 3.05) is 31.3 Å². The van der Waals surface area contributed by atoms with Gasteiger partial charge in [-0.1, -0.05) is 57.0 Å². The van der Waals surface area contributed by atoms with Crippen molar-refractivity contribution in [1.82, 2.24) is 4.98 Å². The van der Waals surface area contributed by atoms with Gasteiger partial charge >= 0.3 is 12.1 Å². The van der Waals surface area contributed by atoms with Crippen LogP contribution in [0.1, 0.15) is 87.4 Å². The third-order valence-corrected chi connectivity index (χ3v) is 7.66. The highest BCUT2D eigenvalue weighted by Crippen LogP contribution is 2.48. The molecule has 9 heteroatoms. The molecule has 5 rings (SSSR count). The van der Waals surface area contributed by atoms with Crippen molar-refractivity contribution >= 4 is 17.7 Å². The van der Waals surface area contributed by atoms with Crippen LogP contribution >= 0.6 is 0 Å². The fourth-order valence-electron chi connectivity index (χ4n) is 5.37. The van der Waals surface area contributed by atoms with Gasteiger partial charge < -0.3 is 23.7 Å². The number of esters is 1. The highest BCUT2D eigenvalue weighted by Gasteiger charge is 2.35. The zero-order valence-corrected chi connectivity index (χ0v) is 27.1. The normalized spacial score (nSPS) is 13.6. The minimum atomic E-state index is -0.593. The molecule has 45 heavy (non-hydrogen) atoms. The Hall–Kier alpha value is -4.27. The molecule has 3 heterocycles. The van der Waals surface area contributed by atoms with Gasteiger partial charge in [0.2, 0.25) is 5.88 Å². The number of fused-ring (bicyclic) bond motifs is 4. The second-order valence-corrected chi connectivity index (χ2v) is 12.4. The molecule has 2 aromatic carbocycles. The van der Waals surface area contributed by atoms with Gasteiger partial charge in [-0.15, -0.1) is 0 Å². The lowest BCUT2D eigenvalue weighted by molar-refractivity contribution is 0.0459. The molecule has 9 nitrogen and oxygen atoms in total. The minimum Gasteiger partial charge on any atom is -0.489 e. The number of hydrogen-bond acceptors (Lipinski definition) is 8. The average molecular weight is 617 g/mol. The van der Waals surface area contributed by atoms with Crippen LogP contribution in [0.15, 0.2) is 42.5 Å². The highest BCUT2D eigenvalue weighted by molar-refractivity contribution is 5.98. The standard InChI is InChI=1S/C36H44N2O7/c1-6-8-18-41-31-29(34(39)44-23-24-13-11-10-12-14-24)33(43-19-9-7-2)37-30-27-21-26-15-17-38(35(40)45-36(3,4)5)28(26)22-25(27)16-20-42-32(30)31/h10-14,21-22H,6-9,15-20,23H2,1-5H3. The number of rotatable bonds is 11. The number of aromatic nitrogens is 1. The maximum absolute atomic E-state index is 13.8. The van der Waals surface area contributed by atoms with Crippen LogP contribution in [0.4, 0.5) is 10.5 Å². The van der Waals surface area contributed by atoms with Gasteiger partial charge in [-0.2, -0.15) is 0 Å². The number of anilines is 1. The van der Waals surface area contributed by atoms with E-state index >= 15 is 0 Å². The van der Waals surface area contributed by atoms with Gasteiger partial charge in [-0.05, 0) is 68.9 Å². The van der Waals surface area contributed by atoms with Crippen molar-refractivity contribution in [3.63, 3.8) is 0 Å². The van der Waals surface area contributed by atoms with E-state index in [-0.39, 0.29) is 24.1 Å². The van der Waals surface area contributed by atoms with Crippen LogP contribution in [0.25, 0.3) is 11.3 Å². The molecule has 1 aromatic heterocycles. The van der Waals surface area contributed by atoms with E-state index in [1.807, 2.05) is 57.2 Å². The fourth-order valence-corrected chi connectivity index (χ4v) is 5.37. The van der Waals surface area contributed by atoms with Crippen molar-refractivity contribution < 1.29 is 33.3 Å². The second-order valence-electron chi connectivity index (χ2n) is 12.4. The summed E-state index contributed by atoms with van der Waals surface area (Å²) in [5, 5.41) is 0. The Morgan fingerprint density at radius 3 is 2.40 bits per heavy atom. The predicted octanol–water partition coefficient (Wildman–Crippen LogP) is 7.70. The van der Waals surface area contributed by atoms with E-state index in [0.717, 1.165) is 53.6 Å². The summed E-state index contributed by atoms with van der Waals surface area (Å²) < 4.78 is 30.3. The molecule has 2 aliphatic rings. The lowest BCUT2D eigenvalue weighted by Gasteiger charge is -2.25. The molecule has 0 radical (unpaired) electrons. The van der Waals surface area contributed by atoms with Crippen molar-refractivity contribution in [1.29, 1.82) is 0 Å². The summed E-state index contributed by atoms with van der Waals surface area (Å²) in [4.78, 5) is 33.4. The number of hydrogen-bond donors (Lipinski definition) is 0. The molecule has 0 saturated heterocycles. The molecule has 1 amide bonds. The number of amides is 1. The number of nitrogens with zero attached hydrogens (tertiary/aromatic N) is 2. The van der Waals surface area contributed by atoms with E-state index in [0.29, 0.717) is 56.4 Å². The molecule has 0 N–H and O–H groups in total. The van der Waals surface area contributed by atoms with E-state index in [1.54, 1.807) is 4.90 Å². The van der Waals surface area contributed by atoms with Crippen molar-refractivity contribution in [3.8, 4) is 28.6 Å². The summed E-state index contributed by atoms with van der Waals surface area (Å²) in [7, 11) is 0. The van der Waals surface area contributed by atoms with Crippen molar-refractivity contribution in [2.24, 2.45) is 0 Å². The third-order valence-electron chi connectivity index (χ3n) is 7.66. The quantitative estimate of drug-likeness (QED) is 0.160. The number of carbonyl (C=O) groups is 2. The molecule has 0 bridgehead atoms. The van der Waals surface area contributed by atoms with E-state index in [9.17, 15) is 9.59 Å². The molecule has 0 saturated carbocycles. The second kappa shape index (κ2) is 14.2. The lowest BCUT2D eigenvalue weighted by atomic mass is 9.96. The van der Waals surface area contributed by atoms with Crippen LogP contribution in [0.5, 0.6) is 17.4 Å². The first-order valence-electron chi connectivity index (χ1n) is 16.0. The molecule has 0 aliphatic carbocycles. The molecular weight excluding hydrogens is 572 g/mol. The van der Waals surface area contributed by atoms with Gasteiger partial charge in [-0.25, -0.2) is 14.6 Å². The Kier molecular flexibility index (Phi) is 10.2. The molecule has 240 valence electrons. The van der Waals surface area contributed by atoms with E-state index in [4.69, 9.17) is 28.7 Å². The lowest BCUT2D eigenvalue weighted by Crippen LogP contribution is -2.35. The van der Waals surface area contributed by atoms with Crippen LogP contribution in [-0.4, -0.2) is 49.0 Å². The summed E-state index contributed by atoms with van der Waals surface area (Å²) in [5.41, 5.74) is 4.68. The third kappa shape index (κ3) is 7.52. The Bertz CT molecular complexity index is 1510. The molecule has 0 fully saturated rings. The number of unbranched alkanes of at least 4 members (excludes halogenated alkanes) is 2. The molecule has 0 unspecified atom stereocenters. The number of benzene rings is 2. The first-order valence-corrected chi connectivity index (χ1v) is 16.0. The van der Waals surface area contributed by atoms with Gasteiger partial charge in [0, 0.05) is 18.5 Å². The zero-order valence-electron chi connectivity index (χ0n) is 27.1. The molecule has 3 aromatic rings. The molecule has 0 atom stereocenters. The van der Waals surface area contributed by atoms with Crippen LogP contribution < -0.4 is 19.1 Å². The molecular formula is C36H44N2O7. The van der Waals surface area contributed by atoms with Crippen molar-refractivity contribution in [2.45, 2.75) is 85.4 Å². The minimum absolute atomic E-state index is 0.101. The summed E-state index contributed by atoms with van der Waals surface area (Å²) >= 11 is 0. The predicted molar refractivity (Wildman–Crippen MR) is 173 cm³/mol. The van der Waals surface area contributed by atoms with Crippen LogP contribution in [-0.2, 0) is 28.9 Å². The van der Waals surface area contributed by atoms with E-state index in [1.165, 1.54) is 0 Å².